The predicted molar refractivity (Wildman–Crippen MR) is 69.8 cm³/mol. The van der Waals surface area contributed by atoms with Crippen LogP contribution in [0.3, 0.4) is 0 Å². The van der Waals surface area contributed by atoms with E-state index in [9.17, 15) is 22.4 Å². The molecule has 0 unspecified atom stereocenters. The topological polar surface area (TPSA) is 41.6 Å². The smallest absolute Gasteiger partial charge is 0.422 e. The number of urea groups is 1. The van der Waals surface area contributed by atoms with Gasteiger partial charge in [-0.1, -0.05) is 6.08 Å². The minimum Gasteiger partial charge on any atom is -0.482 e. The number of nitrogens with zero attached hydrogens (tertiary/aromatic N) is 1. The molecule has 0 saturated heterocycles. The van der Waals surface area contributed by atoms with Gasteiger partial charge in [0.05, 0.1) is 5.69 Å². The van der Waals surface area contributed by atoms with E-state index >= 15 is 0 Å². The molecular formula is C13H14F4N2O2. The largest absolute Gasteiger partial charge is 0.482 e. The Balaban J connectivity index is 2.86. The van der Waals surface area contributed by atoms with Crippen LogP contribution in [0.25, 0.3) is 0 Å². The summed E-state index contributed by atoms with van der Waals surface area (Å²) in [4.78, 5) is 12.9. The number of likely N-dealkylation sites (N-methyl/N-ethyl adjacent to an activating group) is 1. The fourth-order valence-electron chi connectivity index (χ4n) is 1.37. The van der Waals surface area contributed by atoms with Crippen molar-refractivity contribution in [3.8, 4) is 5.75 Å². The quantitative estimate of drug-likeness (QED) is 0.669. The molecule has 0 aliphatic carbocycles. The summed E-state index contributed by atoms with van der Waals surface area (Å²) in [5.74, 6) is -0.981. The van der Waals surface area contributed by atoms with Gasteiger partial charge in [0.2, 0.25) is 0 Å². The van der Waals surface area contributed by atoms with E-state index in [4.69, 9.17) is 0 Å². The lowest BCUT2D eigenvalue weighted by Gasteiger charge is -2.18. The molecule has 4 nitrogen and oxygen atoms in total. The van der Waals surface area contributed by atoms with Crippen LogP contribution < -0.4 is 10.1 Å². The average Bonchev–Trinajstić information content (AvgIpc) is 2.37. The molecule has 0 heterocycles. The Bertz CT molecular complexity index is 517. The van der Waals surface area contributed by atoms with E-state index in [-0.39, 0.29) is 18.0 Å². The van der Waals surface area contributed by atoms with Crippen LogP contribution in [0, 0.1) is 5.82 Å². The van der Waals surface area contributed by atoms with Gasteiger partial charge in [-0.25, -0.2) is 9.18 Å². The monoisotopic (exact) mass is 306 g/mol. The highest BCUT2D eigenvalue weighted by atomic mass is 19.4. The number of amides is 2. The zero-order valence-electron chi connectivity index (χ0n) is 11.2. The number of halogens is 4. The molecule has 0 atom stereocenters. The van der Waals surface area contributed by atoms with Crippen LogP contribution >= 0.6 is 0 Å². The summed E-state index contributed by atoms with van der Waals surface area (Å²) in [5, 5.41) is 2.28. The Hall–Kier alpha value is -2.25. The third-order valence-electron chi connectivity index (χ3n) is 2.32. The van der Waals surface area contributed by atoms with Crippen molar-refractivity contribution in [2.24, 2.45) is 0 Å². The number of hydrogen-bond acceptors (Lipinski definition) is 2. The van der Waals surface area contributed by atoms with E-state index in [0.717, 1.165) is 18.2 Å². The first-order valence-corrected chi connectivity index (χ1v) is 5.85. The van der Waals surface area contributed by atoms with Crippen LogP contribution in [0.2, 0.25) is 0 Å². The van der Waals surface area contributed by atoms with E-state index in [2.05, 4.69) is 16.6 Å². The lowest BCUT2D eigenvalue weighted by atomic mass is 10.3. The second-order valence-corrected chi connectivity index (χ2v) is 4.14. The number of nitrogens with one attached hydrogen (secondary N) is 1. The first-order chi connectivity index (χ1) is 9.73. The van der Waals surface area contributed by atoms with Crippen molar-refractivity contribution in [1.82, 2.24) is 4.90 Å². The summed E-state index contributed by atoms with van der Waals surface area (Å²) in [5.41, 5.74) is -0.180. The predicted octanol–water partition coefficient (Wildman–Crippen LogP) is 3.42. The average molecular weight is 306 g/mol. The number of anilines is 1. The molecule has 0 radical (unpaired) electrons. The van der Waals surface area contributed by atoms with Gasteiger partial charge in [0.15, 0.2) is 6.61 Å². The summed E-state index contributed by atoms with van der Waals surface area (Å²) in [7, 11) is 1.45. The third kappa shape index (κ3) is 5.72. The zero-order valence-corrected chi connectivity index (χ0v) is 11.2. The Morgan fingerprint density at radius 3 is 2.71 bits per heavy atom. The molecular weight excluding hydrogens is 292 g/mol. The maximum absolute atomic E-state index is 13.2. The molecule has 0 spiro atoms. The summed E-state index contributed by atoms with van der Waals surface area (Å²) < 4.78 is 54.1. The van der Waals surface area contributed by atoms with Gasteiger partial charge < -0.3 is 15.0 Å². The van der Waals surface area contributed by atoms with Crippen LogP contribution in [0.15, 0.2) is 30.9 Å². The first-order valence-electron chi connectivity index (χ1n) is 5.85. The fraction of sp³-hybridized carbons (Fsp3) is 0.308. The van der Waals surface area contributed by atoms with Crippen LogP contribution in [-0.2, 0) is 0 Å². The Kier molecular flexibility index (Phi) is 5.57. The highest BCUT2D eigenvalue weighted by Gasteiger charge is 2.29. The first kappa shape index (κ1) is 16.8. The lowest BCUT2D eigenvalue weighted by Crippen LogP contribution is -2.31. The summed E-state index contributed by atoms with van der Waals surface area (Å²) in [6.07, 6.45) is -3.07. The van der Waals surface area contributed by atoms with Gasteiger partial charge in [0.1, 0.15) is 11.6 Å². The maximum atomic E-state index is 13.2. The molecule has 0 fully saturated rings. The van der Waals surface area contributed by atoms with Crippen molar-refractivity contribution in [2.75, 3.05) is 25.5 Å². The minimum absolute atomic E-state index is 0.180. The standard InChI is InChI=1S/C13H14F4N2O2/c1-3-6-19(2)12(20)18-10-7-9(14)4-5-11(10)21-8-13(15,16)17/h3-5,7H,1,6,8H2,2H3,(H,18,20). The van der Waals surface area contributed by atoms with Crippen molar-refractivity contribution in [1.29, 1.82) is 0 Å². The molecule has 116 valence electrons. The Labute approximate surface area is 119 Å². The van der Waals surface area contributed by atoms with Gasteiger partial charge in [0.25, 0.3) is 0 Å². The van der Waals surface area contributed by atoms with Gasteiger partial charge in [-0.2, -0.15) is 13.2 Å². The van der Waals surface area contributed by atoms with Crippen LogP contribution in [0.5, 0.6) is 5.75 Å². The molecule has 0 bridgehead atoms. The van der Waals surface area contributed by atoms with Gasteiger partial charge in [-0.3, -0.25) is 0 Å². The minimum atomic E-state index is -4.53. The molecule has 1 rings (SSSR count). The molecule has 1 aromatic carbocycles. The lowest BCUT2D eigenvalue weighted by molar-refractivity contribution is -0.153. The van der Waals surface area contributed by atoms with Gasteiger partial charge in [-0.05, 0) is 12.1 Å². The fourth-order valence-corrected chi connectivity index (χ4v) is 1.37. The number of carbonyl (C=O) groups is 1. The van der Waals surface area contributed by atoms with E-state index in [1.807, 2.05) is 0 Å². The summed E-state index contributed by atoms with van der Waals surface area (Å²) in [6, 6.07) is 2.21. The number of ether oxygens (including phenoxy) is 1. The molecule has 0 aromatic heterocycles. The van der Waals surface area contributed by atoms with E-state index in [1.54, 1.807) is 0 Å². The van der Waals surface area contributed by atoms with Crippen molar-refractivity contribution in [3.63, 3.8) is 0 Å². The van der Waals surface area contributed by atoms with Crippen LogP contribution in [0.4, 0.5) is 28.0 Å². The molecule has 0 aliphatic heterocycles. The van der Waals surface area contributed by atoms with E-state index in [1.165, 1.54) is 18.0 Å². The van der Waals surface area contributed by atoms with Gasteiger partial charge in [-0.15, -0.1) is 6.58 Å². The molecule has 1 aromatic rings. The number of alkyl halides is 3. The van der Waals surface area contributed by atoms with Crippen LogP contribution in [0.1, 0.15) is 0 Å². The van der Waals surface area contributed by atoms with Gasteiger partial charge in [0, 0.05) is 19.7 Å². The zero-order chi connectivity index (χ0) is 16.0. The van der Waals surface area contributed by atoms with Crippen LogP contribution in [-0.4, -0.2) is 37.3 Å². The van der Waals surface area contributed by atoms with Gasteiger partial charge >= 0.3 is 12.2 Å². The highest BCUT2D eigenvalue weighted by molar-refractivity contribution is 5.90. The molecule has 0 aliphatic rings. The molecule has 1 N–H and O–H groups in total. The normalized spacial score (nSPS) is 10.9. The number of hydrogen-bond donors (Lipinski definition) is 1. The highest BCUT2D eigenvalue weighted by Crippen LogP contribution is 2.27. The number of benzene rings is 1. The van der Waals surface area contributed by atoms with Crippen molar-refractivity contribution >= 4 is 11.7 Å². The summed E-state index contributed by atoms with van der Waals surface area (Å²) in [6.45, 7) is 2.13. The maximum Gasteiger partial charge on any atom is 0.422 e. The molecule has 0 saturated carbocycles. The van der Waals surface area contributed by atoms with Crippen molar-refractivity contribution < 1.29 is 27.1 Å². The molecule has 2 amide bonds. The number of carbonyl (C=O) groups excluding carboxylic acids is 1. The van der Waals surface area contributed by atoms with E-state index in [0.29, 0.717) is 0 Å². The Morgan fingerprint density at radius 1 is 1.48 bits per heavy atom. The second-order valence-electron chi connectivity index (χ2n) is 4.14. The molecule has 21 heavy (non-hydrogen) atoms. The SMILES string of the molecule is C=CCN(C)C(=O)Nc1cc(F)ccc1OCC(F)(F)F. The summed E-state index contributed by atoms with van der Waals surface area (Å²) >= 11 is 0. The van der Waals surface area contributed by atoms with Crippen molar-refractivity contribution in [3.05, 3.63) is 36.7 Å². The second kappa shape index (κ2) is 6.96. The third-order valence-corrected chi connectivity index (χ3v) is 2.32. The van der Waals surface area contributed by atoms with Crippen molar-refractivity contribution in [2.45, 2.75) is 6.18 Å². The molecule has 8 heteroatoms. The van der Waals surface area contributed by atoms with E-state index < -0.39 is 24.6 Å². The Morgan fingerprint density at radius 2 is 2.14 bits per heavy atom. The number of rotatable bonds is 5.